The molecule has 2 aromatic rings. The molecule has 132 valence electrons. The largest absolute Gasteiger partial charge is 0.448 e. The van der Waals surface area contributed by atoms with Crippen molar-refractivity contribution in [3.8, 4) is 0 Å². The molecule has 1 aromatic carbocycles. The van der Waals surface area contributed by atoms with E-state index in [4.69, 9.17) is 4.74 Å². The number of amides is 1. The summed E-state index contributed by atoms with van der Waals surface area (Å²) in [7, 11) is 0. The topological polar surface area (TPSA) is 81.2 Å². The zero-order chi connectivity index (χ0) is 18.0. The van der Waals surface area contributed by atoms with Gasteiger partial charge in [0.1, 0.15) is 0 Å². The molecule has 1 N–H and O–H groups in total. The molecule has 0 saturated carbocycles. The second-order valence-corrected chi connectivity index (χ2v) is 8.45. The van der Waals surface area contributed by atoms with Gasteiger partial charge in [-0.25, -0.2) is 4.79 Å². The first-order valence-electron chi connectivity index (χ1n) is 8.09. The average Bonchev–Trinajstić information content (AvgIpc) is 3.01. The number of anilines is 1. The van der Waals surface area contributed by atoms with Gasteiger partial charge in [0.2, 0.25) is 5.13 Å². The highest BCUT2D eigenvalue weighted by Crippen LogP contribution is 2.28. The summed E-state index contributed by atoms with van der Waals surface area (Å²) in [6.07, 6.45) is -0.489. The Kier molecular flexibility index (Phi) is 5.39. The summed E-state index contributed by atoms with van der Waals surface area (Å²) in [5.41, 5.74) is 2.52. The summed E-state index contributed by atoms with van der Waals surface area (Å²) in [6.45, 7) is 6.21. The summed E-state index contributed by atoms with van der Waals surface area (Å²) in [4.78, 5) is 24.6. The number of rotatable bonds is 5. The molecule has 25 heavy (non-hydrogen) atoms. The van der Waals surface area contributed by atoms with Crippen LogP contribution in [0.3, 0.4) is 0 Å². The maximum atomic E-state index is 12.5. The predicted octanol–water partition coefficient (Wildman–Crippen LogP) is 3.49. The molecular formula is C17H19N3O3S2. The van der Waals surface area contributed by atoms with Crippen molar-refractivity contribution in [2.24, 2.45) is 0 Å². The van der Waals surface area contributed by atoms with E-state index in [0.717, 1.165) is 21.2 Å². The molecular weight excluding hydrogens is 358 g/mol. The third kappa shape index (κ3) is 4.01. The van der Waals surface area contributed by atoms with Gasteiger partial charge in [0, 0.05) is 6.42 Å². The first-order chi connectivity index (χ1) is 12.0. The third-order valence-corrected chi connectivity index (χ3v) is 5.72. The fraction of sp³-hybridized carbons (Fsp3) is 0.412. The Morgan fingerprint density at radius 3 is 2.96 bits per heavy atom. The van der Waals surface area contributed by atoms with Crippen molar-refractivity contribution in [2.75, 3.05) is 11.1 Å². The third-order valence-electron chi connectivity index (χ3n) is 3.87. The van der Waals surface area contributed by atoms with Gasteiger partial charge < -0.3 is 4.74 Å². The maximum absolute atomic E-state index is 12.5. The van der Waals surface area contributed by atoms with Gasteiger partial charge in [0.25, 0.3) is 5.91 Å². The van der Waals surface area contributed by atoms with Crippen molar-refractivity contribution in [1.29, 1.82) is 0 Å². The molecule has 1 amide bonds. The Hall–Kier alpha value is -1.93. The van der Waals surface area contributed by atoms with E-state index in [1.54, 1.807) is 17.8 Å². The van der Waals surface area contributed by atoms with E-state index >= 15 is 0 Å². The number of benzene rings is 1. The van der Waals surface area contributed by atoms with Crippen LogP contribution in [0.1, 0.15) is 48.2 Å². The zero-order valence-electron chi connectivity index (χ0n) is 14.2. The average molecular weight is 377 g/mol. The molecule has 0 spiro atoms. The monoisotopic (exact) mass is 377 g/mol. The molecule has 0 aliphatic carbocycles. The second-order valence-electron chi connectivity index (χ2n) is 5.96. The number of carbonyl (C=O) groups is 2. The fourth-order valence-corrected chi connectivity index (χ4v) is 4.20. The van der Waals surface area contributed by atoms with Crippen molar-refractivity contribution in [3.63, 3.8) is 0 Å². The number of carbonyl (C=O) groups excluding carboxylic acids is 2. The van der Waals surface area contributed by atoms with E-state index in [2.05, 4.69) is 29.4 Å². The minimum absolute atomic E-state index is 0.353. The minimum Gasteiger partial charge on any atom is -0.448 e. The summed E-state index contributed by atoms with van der Waals surface area (Å²) in [5, 5.41) is 11.1. The molecule has 1 aliphatic rings. The van der Waals surface area contributed by atoms with Crippen LogP contribution in [0.25, 0.3) is 0 Å². The lowest BCUT2D eigenvalue weighted by molar-refractivity contribution is -0.125. The number of hydrogen-bond donors (Lipinski definition) is 1. The quantitative estimate of drug-likeness (QED) is 0.488. The molecule has 0 fully saturated rings. The van der Waals surface area contributed by atoms with E-state index in [0.29, 0.717) is 23.0 Å². The summed E-state index contributed by atoms with van der Waals surface area (Å²) < 4.78 is 6.10. The highest BCUT2D eigenvalue weighted by molar-refractivity contribution is 8.01. The van der Waals surface area contributed by atoms with Crippen molar-refractivity contribution in [1.82, 2.24) is 10.2 Å². The number of nitrogens with zero attached hydrogens (tertiary/aromatic N) is 2. The number of cyclic esters (lactones) is 1. The normalized spacial score (nSPS) is 16.5. The zero-order valence-corrected chi connectivity index (χ0v) is 15.9. The first kappa shape index (κ1) is 17.9. The Balaban J connectivity index is 1.74. The lowest BCUT2D eigenvalue weighted by Crippen LogP contribution is -2.38. The number of hydrogen-bond acceptors (Lipinski definition) is 7. The maximum Gasteiger partial charge on any atom is 0.339 e. The van der Waals surface area contributed by atoms with Gasteiger partial charge in [0.05, 0.1) is 5.56 Å². The Morgan fingerprint density at radius 1 is 1.44 bits per heavy atom. The SMILES string of the molecule is CCSc1nnc(NC(=O)C2Cc3cc(C(C)C)ccc3C(=O)O2)s1. The van der Waals surface area contributed by atoms with E-state index in [-0.39, 0.29) is 5.91 Å². The van der Waals surface area contributed by atoms with Crippen LogP contribution < -0.4 is 5.32 Å². The molecule has 0 radical (unpaired) electrons. The van der Waals surface area contributed by atoms with Gasteiger partial charge in [-0.1, -0.05) is 56.0 Å². The lowest BCUT2D eigenvalue weighted by Gasteiger charge is -2.24. The van der Waals surface area contributed by atoms with Crippen molar-refractivity contribution in [2.45, 2.75) is 43.6 Å². The van der Waals surface area contributed by atoms with Crippen LogP contribution in [0.4, 0.5) is 5.13 Å². The number of aromatic nitrogens is 2. The van der Waals surface area contributed by atoms with Gasteiger partial charge in [-0.3, -0.25) is 10.1 Å². The summed E-state index contributed by atoms with van der Waals surface area (Å²) >= 11 is 2.87. The van der Waals surface area contributed by atoms with Crippen LogP contribution in [0.2, 0.25) is 0 Å². The molecule has 8 heteroatoms. The number of esters is 1. The number of nitrogens with one attached hydrogen (secondary N) is 1. The highest BCUT2D eigenvalue weighted by Gasteiger charge is 2.32. The smallest absolute Gasteiger partial charge is 0.339 e. The van der Waals surface area contributed by atoms with Crippen molar-refractivity contribution >= 4 is 40.1 Å². The van der Waals surface area contributed by atoms with Crippen molar-refractivity contribution in [3.05, 3.63) is 34.9 Å². The van der Waals surface area contributed by atoms with Gasteiger partial charge in [-0.2, -0.15) is 0 Å². The lowest BCUT2D eigenvalue weighted by atomic mass is 9.92. The summed E-state index contributed by atoms with van der Waals surface area (Å²) in [5.74, 6) is 0.401. The molecule has 1 aromatic heterocycles. The Bertz CT molecular complexity index is 804. The van der Waals surface area contributed by atoms with Crippen LogP contribution in [0, 0.1) is 0 Å². The van der Waals surface area contributed by atoms with E-state index in [1.165, 1.54) is 11.3 Å². The molecule has 1 unspecified atom stereocenters. The number of fused-ring (bicyclic) bond motifs is 1. The van der Waals surface area contributed by atoms with Gasteiger partial charge in [0.15, 0.2) is 10.4 Å². The number of ether oxygens (including phenoxy) is 1. The van der Waals surface area contributed by atoms with Crippen LogP contribution in [0.15, 0.2) is 22.5 Å². The van der Waals surface area contributed by atoms with Gasteiger partial charge >= 0.3 is 5.97 Å². The van der Waals surface area contributed by atoms with E-state index in [1.807, 2.05) is 19.1 Å². The molecule has 0 bridgehead atoms. The Morgan fingerprint density at radius 2 is 2.24 bits per heavy atom. The fourth-order valence-electron chi connectivity index (χ4n) is 2.55. The molecule has 0 saturated heterocycles. The highest BCUT2D eigenvalue weighted by atomic mass is 32.2. The van der Waals surface area contributed by atoms with Crippen molar-refractivity contribution < 1.29 is 14.3 Å². The predicted molar refractivity (Wildman–Crippen MR) is 98.4 cm³/mol. The molecule has 3 rings (SSSR count). The van der Waals surface area contributed by atoms with Gasteiger partial charge in [-0.05, 0) is 28.9 Å². The van der Waals surface area contributed by atoms with E-state index < -0.39 is 12.1 Å². The van der Waals surface area contributed by atoms with Crippen LogP contribution in [-0.2, 0) is 16.0 Å². The standard InChI is InChI=1S/C17H19N3O3S2/c1-4-24-17-20-19-16(25-17)18-14(21)13-8-11-7-10(9(2)3)5-6-12(11)15(22)23-13/h5-7,9,13H,4,8H2,1-3H3,(H,18,19,21). The molecule has 1 atom stereocenters. The molecule has 2 heterocycles. The Labute approximate surface area is 154 Å². The van der Waals surface area contributed by atoms with Crippen LogP contribution >= 0.6 is 23.1 Å². The first-order valence-corrected chi connectivity index (χ1v) is 9.89. The molecule has 6 nitrogen and oxygen atoms in total. The molecule has 1 aliphatic heterocycles. The minimum atomic E-state index is -0.853. The van der Waals surface area contributed by atoms with E-state index in [9.17, 15) is 9.59 Å². The van der Waals surface area contributed by atoms with Crippen LogP contribution in [0.5, 0.6) is 0 Å². The number of thioether (sulfide) groups is 1. The van der Waals surface area contributed by atoms with Crippen LogP contribution in [-0.4, -0.2) is 33.9 Å². The summed E-state index contributed by atoms with van der Waals surface area (Å²) in [6, 6.07) is 5.70. The van der Waals surface area contributed by atoms with Gasteiger partial charge in [-0.15, -0.1) is 10.2 Å². The second kappa shape index (κ2) is 7.53.